The van der Waals surface area contributed by atoms with E-state index in [1.165, 1.54) is 14.0 Å². The molecule has 1 aliphatic rings. The van der Waals surface area contributed by atoms with Gasteiger partial charge in [0.15, 0.2) is 5.54 Å². The van der Waals surface area contributed by atoms with Gasteiger partial charge in [-0.1, -0.05) is 76.6 Å². The van der Waals surface area contributed by atoms with Crippen LogP contribution in [0.5, 0.6) is 0 Å². The molecule has 0 bridgehead atoms. The molecule has 0 spiro atoms. The third-order valence-corrected chi connectivity index (χ3v) is 6.63. The molecule has 0 heterocycles. The smallest absolute Gasteiger partial charge is 0.410 e. The predicted octanol–water partition coefficient (Wildman–Crippen LogP) is 5.63. The van der Waals surface area contributed by atoms with Gasteiger partial charge in [-0.05, 0) is 46.9 Å². The van der Waals surface area contributed by atoms with Gasteiger partial charge in [-0.2, -0.15) is 0 Å². The van der Waals surface area contributed by atoms with Gasteiger partial charge < -0.3 is 9.84 Å². The number of rotatable bonds is 5. The fourth-order valence-corrected chi connectivity index (χ4v) is 4.37. The minimum absolute atomic E-state index is 0.0893. The quantitative estimate of drug-likeness (QED) is 0.514. The lowest BCUT2D eigenvalue weighted by Gasteiger charge is -2.35. The number of amides is 1. The lowest BCUT2D eigenvalue weighted by atomic mass is 9.91. The molecular formula is C25H22BrNO4. The normalized spacial score (nSPS) is 14.3. The number of likely N-dealkylation sites (N-methyl/N-ethyl adjacent to an activating group) is 1. The van der Waals surface area contributed by atoms with Crippen molar-refractivity contribution in [1.82, 2.24) is 4.90 Å². The first-order chi connectivity index (χ1) is 14.8. The Morgan fingerprint density at radius 3 is 2.00 bits per heavy atom. The Labute approximate surface area is 189 Å². The lowest BCUT2D eigenvalue weighted by molar-refractivity contribution is -0.149. The van der Waals surface area contributed by atoms with Crippen LogP contribution in [0.25, 0.3) is 11.1 Å². The maximum absolute atomic E-state index is 12.9. The molecule has 31 heavy (non-hydrogen) atoms. The zero-order valence-corrected chi connectivity index (χ0v) is 18.8. The summed E-state index contributed by atoms with van der Waals surface area (Å²) in [5.74, 6) is -1.22. The van der Waals surface area contributed by atoms with Crippen LogP contribution in [-0.2, 0) is 15.1 Å². The average Bonchev–Trinajstić information content (AvgIpc) is 3.10. The van der Waals surface area contributed by atoms with Crippen LogP contribution in [0.2, 0.25) is 0 Å². The number of nitrogens with zero attached hydrogens (tertiary/aromatic N) is 1. The highest BCUT2D eigenvalue weighted by molar-refractivity contribution is 9.10. The van der Waals surface area contributed by atoms with Crippen LogP contribution >= 0.6 is 15.9 Å². The number of benzene rings is 3. The van der Waals surface area contributed by atoms with Gasteiger partial charge in [0.05, 0.1) is 0 Å². The van der Waals surface area contributed by atoms with Crippen LogP contribution in [0.15, 0.2) is 77.3 Å². The van der Waals surface area contributed by atoms with Crippen molar-refractivity contribution in [3.05, 3.63) is 94.0 Å². The van der Waals surface area contributed by atoms with Crippen LogP contribution in [0.3, 0.4) is 0 Å². The number of carboxylic acids is 1. The first kappa shape index (κ1) is 21.1. The van der Waals surface area contributed by atoms with Crippen molar-refractivity contribution in [1.29, 1.82) is 0 Å². The number of ether oxygens (including phenoxy) is 1. The van der Waals surface area contributed by atoms with Crippen LogP contribution in [-0.4, -0.2) is 35.7 Å². The molecule has 1 amide bonds. The van der Waals surface area contributed by atoms with Crippen molar-refractivity contribution in [3.8, 4) is 11.1 Å². The van der Waals surface area contributed by atoms with E-state index in [-0.39, 0.29) is 12.5 Å². The molecule has 0 fully saturated rings. The van der Waals surface area contributed by atoms with E-state index in [2.05, 4.69) is 28.1 Å². The highest BCUT2D eigenvalue weighted by atomic mass is 79.9. The molecule has 6 heteroatoms. The summed E-state index contributed by atoms with van der Waals surface area (Å²) in [5, 5.41) is 9.95. The first-order valence-corrected chi connectivity index (χ1v) is 10.7. The molecule has 0 aliphatic heterocycles. The number of halogens is 1. The standard InChI is InChI=1S/C25H22BrNO4/c1-25(23(28)29,16-11-13-17(26)14-12-16)27(2)24(30)31-15-22-20-9-5-3-7-18(20)19-8-4-6-10-21(19)22/h3-14,22H,15H2,1-2H3,(H,28,29). The van der Waals surface area contributed by atoms with Crippen molar-refractivity contribution in [2.75, 3.05) is 13.7 Å². The van der Waals surface area contributed by atoms with Crippen LogP contribution in [0, 0.1) is 0 Å². The minimum atomic E-state index is -1.57. The van der Waals surface area contributed by atoms with Crippen molar-refractivity contribution in [3.63, 3.8) is 0 Å². The van der Waals surface area contributed by atoms with Crippen LogP contribution < -0.4 is 0 Å². The van der Waals surface area contributed by atoms with Crippen molar-refractivity contribution < 1.29 is 19.4 Å². The van der Waals surface area contributed by atoms with E-state index in [4.69, 9.17) is 4.74 Å². The molecule has 158 valence electrons. The Morgan fingerprint density at radius 2 is 1.48 bits per heavy atom. The molecule has 0 aromatic heterocycles. The molecule has 0 saturated heterocycles. The minimum Gasteiger partial charge on any atom is -0.479 e. The van der Waals surface area contributed by atoms with Crippen molar-refractivity contribution in [2.45, 2.75) is 18.4 Å². The van der Waals surface area contributed by atoms with E-state index in [0.29, 0.717) is 5.56 Å². The highest BCUT2D eigenvalue weighted by Crippen LogP contribution is 2.44. The third kappa shape index (κ3) is 3.61. The Balaban J connectivity index is 1.57. The summed E-state index contributed by atoms with van der Waals surface area (Å²) in [6, 6.07) is 23.0. The Morgan fingerprint density at radius 1 is 0.968 bits per heavy atom. The van der Waals surface area contributed by atoms with E-state index in [9.17, 15) is 14.7 Å². The number of carbonyl (C=O) groups is 2. The lowest BCUT2D eigenvalue weighted by Crippen LogP contribution is -2.51. The molecular weight excluding hydrogens is 458 g/mol. The van der Waals surface area contributed by atoms with E-state index in [0.717, 1.165) is 31.6 Å². The molecule has 0 saturated carbocycles. The SMILES string of the molecule is CN(C(=O)OCC1c2ccccc2-c2ccccc21)C(C)(C(=O)O)c1ccc(Br)cc1. The van der Waals surface area contributed by atoms with Gasteiger partial charge in [0, 0.05) is 17.4 Å². The number of aliphatic carboxylic acids is 1. The van der Waals surface area contributed by atoms with E-state index >= 15 is 0 Å². The number of carbonyl (C=O) groups excluding carboxylic acids is 1. The molecule has 0 radical (unpaired) electrons. The van der Waals surface area contributed by atoms with Crippen LogP contribution in [0.4, 0.5) is 4.79 Å². The highest BCUT2D eigenvalue weighted by Gasteiger charge is 2.43. The molecule has 3 aromatic rings. The molecule has 3 aromatic carbocycles. The second-order valence-corrected chi connectivity index (χ2v) is 8.66. The summed E-state index contributed by atoms with van der Waals surface area (Å²) in [4.78, 5) is 26.3. The van der Waals surface area contributed by atoms with Gasteiger partial charge in [-0.3, -0.25) is 4.90 Å². The molecule has 4 rings (SSSR count). The molecule has 1 atom stereocenters. The number of carboxylic acid groups (broad SMARTS) is 1. The largest absolute Gasteiger partial charge is 0.479 e. The summed E-state index contributed by atoms with van der Waals surface area (Å²) in [5.41, 5.74) is 3.40. The van der Waals surface area contributed by atoms with Gasteiger partial charge >= 0.3 is 12.1 Å². The summed E-state index contributed by atoms with van der Waals surface area (Å²) >= 11 is 3.35. The number of hydrogen-bond acceptors (Lipinski definition) is 3. The van der Waals surface area contributed by atoms with Crippen molar-refractivity contribution >= 4 is 28.0 Å². The first-order valence-electron chi connectivity index (χ1n) is 9.92. The van der Waals surface area contributed by atoms with Gasteiger partial charge in [0.2, 0.25) is 0 Å². The monoisotopic (exact) mass is 479 g/mol. The summed E-state index contributed by atoms with van der Waals surface area (Å²) in [7, 11) is 1.45. The summed E-state index contributed by atoms with van der Waals surface area (Å²) in [6.45, 7) is 1.63. The van der Waals surface area contributed by atoms with Gasteiger partial charge in [-0.25, -0.2) is 9.59 Å². The summed E-state index contributed by atoms with van der Waals surface area (Å²) < 4.78 is 6.48. The Hall–Kier alpha value is -3.12. The molecule has 5 nitrogen and oxygen atoms in total. The maximum atomic E-state index is 12.9. The third-order valence-electron chi connectivity index (χ3n) is 6.10. The van der Waals surface area contributed by atoms with Gasteiger partial charge in [-0.15, -0.1) is 0 Å². The predicted molar refractivity (Wildman–Crippen MR) is 122 cm³/mol. The molecule has 1 N–H and O–H groups in total. The maximum Gasteiger partial charge on any atom is 0.410 e. The van der Waals surface area contributed by atoms with E-state index < -0.39 is 17.6 Å². The fraction of sp³-hybridized carbons (Fsp3) is 0.200. The average molecular weight is 480 g/mol. The Bertz CT molecular complexity index is 1100. The Kier molecular flexibility index (Phi) is 5.58. The van der Waals surface area contributed by atoms with Gasteiger partial charge in [0.25, 0.3) is 0 Å². The zero-order chi connectivity index (χ0) is 22.2. The summed E-state index contributed by atoms with van der Waals surface area (Å²) in [6.07, 6.45) is -0.685. The second kappa shape index (κ2) is 8.19. The fourth-order valence-electron chi connectivity index (χ4n) is 4.11. The molecule has 1 aliphatic carbocycles. The van der Waals surface area contributed by atoms with E-state index in [1.807, 2.05) is 36.4 Å². The second-order valence-electron chi connectivity index (χ2n) is 7.75. The van der Waals surface area contributed by atoms with Crippen molar-refractivity contribution in [2.24, 2.45) is 0 Å². The van der Waals surface area contributed by atoms with Gasteiger partial charge in [0.1, 0.15) is 6.61 Å². The van der Waals surface area contributed by atoms with Crippen LogP contribution in [0.1, 0.15) is 29.5 Å². The zero-order valence-electron chi connectivity index (χ0n) is 17.2. The van der Waals surface area contributed by atoms with E-state index in [1.54, 1.807) is 24.3 Å². The number of fused-ring (bicyclic) bond motifs is 3. The molecule has 1 unspecified atom stereocenters. The number of hydrogen-bond donors (Lipinski definition) is 1. The topological polar surface area (TPSA) is 66.8 Å².